The molecule has 0 saturated carbocycles. The third kappa shape index (κ3) is 1.88. The fourth-order valence-corrected chi connectivity index (χ4v) is 1.40. The molecule has 5 nitrogen and oxygen atoms in total. The van der Waals surface area contributed by atoms with Crippen molar-refractivity contribution < 1.29 is 19.4 Å². The van der Waals surface area contributed by atoms with Gasteiger partial charge in [0.1, 0.15) is 5.70 Å². The molecule has 0 aromatic heterocycles. The van der Waals surface area contributed by atoms with Crippen LogP contribution in [0, 0.1) is 6.92 Å². The number of anilines is 1. The number of carbonyl (C=O) groups excluding carboxylic acids is 1. The zero-order valence-electron chi connectivity index (χ0n) is 8.48. The molecular weight excluding hydrogens is 210 g/mol. The number of fused-ring (bicyclic) bond motifs is 1. The van der Waals surface area contributed by atoms with Gasteiger partial charge in [0, 0.05) is 0 Å². The Labute approximate surface area is 91.3 Å². The minimum absolute atomic E-state index is 0.0781. The van der Waals surface area contributed by atoms with Crippen LogP contribution < -0.4 is 10.1 Å². The van der Waals surface area contributed by atoms with Gasteiger partial charge in [0.05, 0.1) is 11.8 Å². The van der Waals surface area contributed by atoms with Gasteiger partial charge in [0.2, 0.25) is 0 Å². The number of rotatable bonds is 1. The van der Waals surface area contributed by atoms with Crippen LogP contribution >= 0.6 is 0 Å². The van der Waals surface area contributed by atoms with E-state index in [0.717, 1.165) is 11.6 Å². The van der Waals surface area contributed by atoms with Crippen molar-refractivity contribution in [1.82, 2.24) is 0 Å². The zero-order valence-corrected chi connectivity index (χ0v) is 8.48. The van der Waals surface area contributed by atoms with Crippen LogP contribution in [-0.2, 0) is 9.59 Å². The van der Waals surface area contributed by atoms with Gasteiger partial charge in [-0.1, -0.05) is 6.07 Å². The van der Waals surface area contributed by atoms with E-state index in [1.54, 1.807) is 18.2 Å². The molecule has 0 fully saturated rings. The van der Waals surface area contributed by atoms with E-state index in [4.69, 9.17) is 9.84 Å². The molecule has 1 aliphatic rings. The van der Waals surface area contributed by atoms with Crippen LogP contribution in [0.3, 0.4) is 0 Å². The predicted octanol–water partition coefficient (Wildman–Crippen LogP) is 1.29. The van der Waals surface area contributed by atoms with Crippen LogP contribution in [-0.4, -0.2) is 17.0 Å². The third-order valence-electron chi connectivity index (χ3n) is 2.09. The van der Waals surface area contributed by atoms with Gasteiger partial charge < -0.3 is 15.2 Å². The second-order valence-electron chi connectivity index (χ2n) is 3.41. The van der Waals surface area contributed by atoms with Crippen LogP contribution in [0.1, 0.15) is 5.56 Å². The molecule has 2 N–H and O–H groups in total. The lowest BCUT2D eigenvalue weighted by molar-refractivity contribution is -0.133. The highest BCUT2D eigenvalue weighted by Crippen LogP contribution is 2.31. The van der Waals surface area contributed by atoms with Gasteiger partial charge in [0.25, 0.3) is 0 Å². The first-order chi connectivity index (χ1) is 7.56. The number of aryl methyl sites for hydroxylation is 1. The number of ether oxygens (including phenoxy) is 1. The van der Waals surface area contributed by atoms with Gasteiger partial charge in [0.15, 0.2) is 5.75 Å². The summed E-state index contributed by atoms with van der Waals surface area (Å²) < 4.78 is 4.97. The molecule has 0 amide bonds. The van der Waals surface area contributed by atoms with Gasteiger partial charge in [-0.3, -0.25) is 0 Å². The van der Waals surface area contributed by atoms with Crippen molar-refractivity contribution in [3.63, 3.8) is 0 Å². The Hall–Kier alpha value is -2.30. The van der Waals surface area contributed by atoms with E-state index in [9.17, 15) is 9.59 Å². The second-order valence-corrected chi connectivity index (χ2v) is 3.41. The molecule has 1 aliphatic heterocycles. The molecule has 1 aromatic rings. The lowest BCUT2D eigenvalue weighted by Gasteiger charge is -2.19. The van der Waals surface area contributed by atoms with E-state index in [0.29, 0.717) is 11.4 Å². The SMILES string of the molecule is Cc1ccc2c(c1)N/C(=C\C(=O)O)C(=O)O2. The highest BCUT2D eigenvalue weighted by Gasteiger charge is 2.22. The van der Waals surface area contributed by atoms with Gasteiger partial charge in [-0.15, -0.1) is 0 Å². The molecule has 0 radical (unpaired) electrons. The molecule has 0 bridgehead atoms. The summed E-state index contributed by atoms with van der Waals surface area (Å²) in [7, 11) is 0. The minimum atomic E-state index is -1.20. The molecule has 5 heteroatoms. The molecule has 16 heavy (non-hydrogen) atoms. The van der Waals surface area contributed by atoms with E-state index in [2.05, 4.69) is 5.32 Å². The molecule has 0 spiro atoms. The molecule has 0 saturated heterocycles. The normalized spacial score (nSPS) is 16.3. The first kappa shape index (κ1) is 10.2. The van der Waals surface area contributed by atoms with Crippen LogP contribution in [0.25, 0.3) is 0 Å². The Balaban J connectivity index is 2.40. The van der Waals surface area contributed by atoms with Crippen molar-refractivity contribution in [2.45, 2.75) is 6.92 Å². The number of esters is 1. The molecule has 0 aliphatic carbocycles. The smallest absolute Gasteiger partial charge is 0.360 e. The first-order valence-corrected chi connectivity index (χ1v) is 4.61. The van der Waals surface area contributed by atoms with Crippen molar-refractivity contribution in [2.75, 3.05) is 5.32 Å². The van der Waals surface area contributed by atoms with Crippen molar-refractivity contribution in [1.29, 1.82) is 0 Å². The summed E-state index contributed by atoms with van der Waals surface area (Å²) in [5, 5.41) is 11.3. The summed E-state index contributed by atoms with van der Waals surface area (Å²) in [6, 6.07) is 5.24. The van der Waals surface area contributed by atoms with E-state index in [1.165, 1.54) is 0 Å². The maximum atomic E-state index is 11.4. The summed E-state index contributed by atoms with van der Waals surface area (Å²) in [6.07, 6.45) is 0.785. The number of aliphatic carboxylic acids is 1. The van der Waals surface area contributed by atoms with Crippen molar-refractivity contribution in [3.8, 4) is 5.75 Å². The summed E-state index contributed by atoms with van der Waals surface area (Å²) >= 11 is 0. The van der Waals surface area contributed by atoms with Crippen molar-refractivity contribution in [3.05, 3.63) is 35.5 Å². The van der Waals surface area contributed by atoms with Gasteiger partial charge in [-0.2, -0.15) is 0 Å². The number of benzene rings is 1. The van der Waals surface area contributed by atoms with Crippen LogP contribution in [0.15, 0.2) is 30.0 Å². The Kier molecular flexibility index (Phi) is 2.36. The van der Waals surface area contributed by atoms with Gasteiger partial charge in [-0.05, 0) is 24.6 Å². The van der Waals surface area contributed by atoms with E-state index in [1.807, 2.05) is 6.92 Å². The zero-order chi connectivity index (χ0) is 11.7. The molecule has 1 aromatic carbocycles. The second kappa shape index (κ2) is 3.69. The molecular formula is C11H9NO4. The molecule has 2 rings (SSSR count). The van der Waals surface area contributed by atoms with Crippen LogP contribution in [0.2, 0.25) is 0 Å². The van der Waals surface area contributed by atoms with Crippen LogP contribution in [0.5, 0.6) is 5.75 Å². The Morgan fingerprint density at radius 1 is 1.50 bits per heavy atom. The minimum Gasteiger partial charge on any atom is -0.478 e. The Morgan fingerprint density at radius 2 is 2.25 bits per heavy atom. The lowest BCUT2D eigenvalue weighted by atomic mass is 10.2. The Morgan fingerprint density at radius 3 is 2.94 bits per heavy atom. The molecule has 82 valence electrons. The summed E-state index contributed by atoms with van der Waals surface area (Å²) in [5.41, 5.74) is 1.50. The highest BCUT2D eigenvalue weighted by molar-refractivity contribution is 6.02. The quantitative estimate of drug-likeness (QED) is 0.423. The number of hydrogen-bond acceptors (Lipinski definition) is 4. The van der Waals surface area contributed by atoms with E-state index < -0.39 is 11.9 Å². The van der Waals surface area contributed by atoms with E-state index in [-0.39, 0.29) is 5.70 Å². The standard InChI is InChI=1S/C11H9NO4/c1-6-2-3-9-7(4-6)12-8(5-10(13)14)11(15)16-9/h2-5,12H,1H3,(H,13,14)/b8-5-. The average Bonchev–Trinajstić information content (AvgIpc) is 2.19. The van der Waals surface area contributed by atoms with Gasteiger partial charge in [-0.25, -0.2) is 9.59 Å². The topological polar surface area (TPSA) is 75.6 Å². The number of carboxylic acids is 1. The number of carbonyl (C=O) groups is 2. The largest absolute Gasteiger partial charge is 0.478 e. The van der Waals surface area contributed by atoms with Crippen molar-refractivity contribution in [2.24, 2.45) is 0 Å². The molecule has 0 unspecified atom stereocenters. The molecule has 1 heterocycles. The maximum absolute atomic E-state index is 11.4. The summed E-state index contributed by atoms with van der Waals surface area (Å²) in [6.45, 7) is 1.89. The lowest BCUT2D eigenvalue weighted by Crippen LogP contribution is -2.24. The monoisotopic (exact) mass is 219 g/mol. The number of nitrogens with one attached hydrogen (secondary N) is 1. The van der Waals surface area contributed by atoms with Crippen LogP contribution in [0.4, 0.5) is 5.69 Å². The fraction of sp³-hybridized carbons (Fsp3) is 0.0909. The number of hydrogen-bond donors (Lipinski definition) is 2. The van der Waals surface area contributed by atoms with Gasteiger partial charge >= 0.3 is 11.9 Å². The molecule has 0 atom stereocenters. The average molecular weight is 219 g/mol. The highest BCUT2D eigenvalue weighted by atomic mass is 16.5. The summed E-state index contributed by atoms with van der Waals surface area (Å²) in [5.74, 6) is -1.49. The summed E-state index contributed by atoms with van der Waals surface area (Å²) in [4.78, 5) is 21.8. The fourth-order valence-electron chi connectivity index (χ4n) is 1.40. The Bertz CT molecular complexity index is 505. The van der Waals surface area contributed by atoms with E-state index >= 15 is 0 Å². The predicted molar refractivity (Wildman–Crippen MR) is 56.2 cm³/mol. The van der Waals surface area contributed by atoms with Crippen molar-refractivity contribution >= 4 is 17.6 Å². The maximum Gasteiger partial charge on any atom is 0.360 e. The first-order valence-electron chi connectivity index (χ1n) is 4.61. The number of carboxylic acid groups (broad SMARTS) is 1. The third-order valence-corrected chi connectivity index (χ3v) is 2.09.